The SMILES string of the molecule is C=Cc1cccc2c1[C@H]1C[C@H](c3nc4ccc(Cl)cc4n31)N(C)C2=O. The molecule has 1 aromatic heterocycles. The van der Waals surface area contributed by atoms with Gasteiger partial charge in [0.15, 0.2) is 0 Å². The molecule has 2 atom stereocenters. The summed E-state index contributed by atoms with van der Waals surface area (Å²) < 4.78 is 2.25. The molecule has 2 aromatic carbocycles. The highest BCUT2D eigenvalue weighted by atomic mass is 35.5. The van der Waals surface area contributed by atoms with Gasteiger partial charge in [-0.2, -0.15) is 0 Å². The van der Waals surface area contributed by atoms with E-state index in [1.54, 1.807) is 0 Å². The molecular weight excluding hydrogens is 334 g/mol. The Hall–Kier alpha value is -2.59. The highest BCUT2D eigenvalue weighted by molar-refractivity contribution is 6.31. The van der Waals surface area contributed by atoms with Crippen molar-refractivity contribution in [3.05, 3.63) is 70.5 Å². The lowest BCUT2D eigenvalue weighted by Crippen LogP contribution is -2.30. The summed E-state index contributed by atoms with van der Waals surface area (Å²) in [6.45, 7) is 3.95. The molecule has 5 heteroatoms. The van der Waals surface area contributed by atoms with Gasteiger partial charge in [-0.3, -0.25) is 4.79 Å². The average Bonchev–Trinajstić information content (AvgIpc) is 3.13. The first kappa shape index (κ1) is 14.7. The van der Waals surface area contributed by atoms with Gasteiger partial charge in [0, 0.05) is 24.1 Å². The largest absolute Gasteiger partial charge is 0.331 e. The standard InChI is InChI=1S/C20H16ClN3O/c1-3-11-5-4-6-13-18(11)16-10-17(23(2)20(13)25)19-22-14-8-7-12(21)9-15(14)24(16)19/h3-9,16-17H,1,10H2,2H3/t16-,17-/m1/s1. The Morgan fingerprint density at radius 1 is 1.28 bits per heavy atom. The van der Waals surface area contributed by atoms with E-state index in [1.807, 2.05) is 54.4 Å². The number of benzene rings is 2. The van der Waals surface area contributed by atoms with Crippen LogP contribution in [0.25, 0.3) is 17.1 Å². The van der Waals surface area contributed by atoms with Crippen molar-refractivity contribution in [1.29, 1.82) is 0 Å². The summed E-state index contributed by atoms with van der Waals surface area (Å²) in [5.74, 6) is 0.977. The van der Waals surface area contributed by atoms with Crippen LogP contribution in [0, 0.1) is 0 Å². The molecule has 3 aromatic rings. The lowest BCUT2D eigenvalue weighted by atomic mass is 9.93. The third-order valence-electron chi connectivity index (χ3n) is 5.45. The number of hydrogen-bond acceptors (Lipinski definition) is 2. The van der Waals surface area contributed by atoms with Gasteiger partial charge in [0.1, 0.15) is 5.82 Å². The van der Waals surface area contributed by atoms with Gasteiger partial charge in [-0.25, -0.2) is 4.98 Å². The number of hydrogen-bond donors (Lipinski definition) is 0. The molecule has 4 nitrogen and oxygen atoms in total. The van der Waals surface area contributed by atoms with Gasteiger partial charge in [-0.1, -0.05) is 36.4 Å². The van der Waals surface area contributed by atoms with E-state index in [4.69, 9.17) is 16.6 Å². The monoisotopic (exact) mass is 349 g/mol. The normalized spacial score (nSPS) is 21.2. The van der Waals surface area contributed by atoms with Gasteiger partial charge >= 0.3 is 0 Å². The van der Waals surface area contributed by atoms with Crippen LogP contribution >= 0.6 is 11.6 Å². The number of carbonyl (C=O) groups excluding carboxylic acids is 1. The highest BCUT2D eigenvalue weighted by Gasteiger charge is 2.44. The van der Waals surface area contributed by atoms with Crippen LogP contribution in [0.4, 0.5) is 0 Å². The third kappa shape index (κ3) is 1.83. The van der Waals surface area contributed by atoms with Gasteiger partial charge in [-0.05, 0) is 35.4 Å². The Morgan fingerprint density at radius 2 is 2.12 bits per heavy atom. The number of rotatable bonds is 1. The number of fused-ring (bicyclic) bond motifs is 9. The second-order valence-electron chi connectivity index (χ2n) is 6.67. The van der Waals surface area contributed by atoms with Crippen molar-refractivity contribution < 1.29 is 4.79 Å². The first-order valence-electron chi connectivity index (χ1n) is 8.30. The van der Waals surface area contributed by atoms with Gasteiger partial charge in [0.05, 0.1) is 23.1 Å². The van der Waals surface area contributed by atoms with E-state index >= 15 is 0 Å². The first-order valence-corrected chi connectivity index (χ1v) is 8.68. The quantitative estimate of drug-likeness (QED) is 0.651. The van der Waals surface area contributed by atoms with Crippen LogP contribution < -0.4 is 0 Å². The Morgan fingerprint density at radius 3 is 2.92 bits per heavy atom. The second kappa shape index (κ2) is 4.96. The maximum absolute atomic E-state index is 13.0. The van der Waals surface area contributed by atoms with E-state index in [-0.39, 0.29) is 18.0 Å². The predicted octanol–water partition coefficient (Wildman–Crippen LogP) is 4.45. The summed E-state index contributed by atoms with van der Waals surface area (Å²) in [4.78, 5) is 19.6. The number of halogens is 1. The van der Waals surface area contributed by atoms with E-state index in [0.717, 1.165) is 40.0 Å². The zero-order chi connectivity index (χ0) is 17.3. The number of imidazole rings is 1. The molecule has 1 amide bonds. The van der Waals surface area contributed by atoms with Crippen molar-refractivity contribution >= 4 is 34.6 Å². The predicted molar refractivity (Wildman–Crippen MR) is 98.9 cm³/mol. The molecule has 3 heterocycles. The smallest absolute Gasteiger partial charge is 0.254 e. The fourth-order valence-corrected chi connectivity index (χ4v) is 4.47. The van der Waals surface area contributed by atoms with Gasteiger partial charge in [-0.15, -0.1) is 0 Å². The van der Waals surface area contributed by atoms with Crippen LogP contribution in [-0.4, -0.2) is 27.4 Å². The molecule has 0 fully saturated rings. The highest BCUT2D eigenvalue weighted by Crippen LogP contribution is 2.48. The molecule has 0 N–H and O–H groups in total. The molecule has 0 saturated heterocycles. The van der Waals surface area contributed by atoms with Crippen LogP contribution in [0.5, 0.6) is 0 Å². The van der Waals surface area contributed by atoms with Crippen molar-refractivity contribution in [3.63, 3.8) is 0 Å². The van der Waals surface area contributed by atoms with Crippen LogP contribution in [0.2, 0.25) is 5.02 Å². The van der Waals surface area contributed by atoms with E-state index in [1.165, 1.54) is 0 Å². The molecule has 0 aliphatic carbocycles. The lowest BCUT2D eigenvalue weighted by Gasteiger charge is -2.24. The maximum Gasteiger partial charge on any atom is 0.254 e. The topological polar surface area (TPSA) is 38.1 Å². The zero-order valence-electron chi connectivity index (χ0n) is 13.7. The molecule has 2 aliphatic rings. The lowest BCUT2D eigenvalue weighted by molar-refractivity contribution is 0.0734. The fraction of sp³-hybridized carbons (Fsp3) is 0.200. The summed E-state index contributed by atoms with van der Waals surface area (Å²) in [5.41, 5.74) is 4.72. The van der Waals surface area contributed by atoms with Gasteiger partial charge < -0.3 is 9.47 Å². The molecule has 5 rings (SSSR count). The minimum atomic E-state index is -0.0336. The molecule has 0 radical (unpaired) electrons. The number of amides is 1. The molecular formula is C20H16ClN3O. The van der Waals surface area contributed by atoms with Crippen LogP contribution in [-0.2, 0) is 0 Å². The zero-order valence-corrected chi connectivity index (χ0v) is 14.5. The first-order chi connectivity index (χ1) is 12.1. The molecule has 124 valence electrons. The van der Waals surface area contributed by atoms with Crippen molar-refractivity contribution in [3.8, 4) is 0 Å². The Bertz CT molecular complexity index is 1070. The van der Waals surface area contributed by atoms with E-state index in [9.17, 15) is 4.79 Å². The molecule has 2 bridgehead atoms. The summed E-state index contributed by atoms with van der Waals surface area (Å²) in [6, 6.07) is 11.6. The molecule has 0 saturated carbocycles. The summed E-state index contributed by atoms with van der Waals surface area (Å²) in [6.07, 6.45) is 2.65. The van der Waals surface area contributed by atoms with Crippen molar-refractivity contribution in [2.45, 2.75) is 18.5 Å². The number of carbonyl (C=O) groups is 1. The van der Waals surface area contributed by atoms with Crippen molar-refractivity contribution in [1.82, 2.24) is 14.5 Å². The Labute approximate surface area is 150 Å². The number of nitrogens with zero attached hydrogens (tertiary/aromatic N) is 3. The van der Waals surface area contributed by atoms with Crippen molar-refractivity contribution in [2.75, 3.05) is 7.05 Å². The molecule has 25 heavy (non-hydrogen) atoms. The summed E-state index contributed by atoms with van der Waals surface area (Å²) in [7, 11) is 1.86. The van der Waals surface area contributed by atoms with E-state index < -0.39 is 0 Å². The van der Waals surface area contributed by atoms with Gasteiger partial charge in [0.25, 0.3) is 5.91 Å². The Balaban J connectivity index is 1.89. The fourth-order valence-electron chi connectivity index (χ4n) is 4.30. The summed E-state index contributed by atoms with van der Waals surface area (Å²) >= 11 is 6.24. The van der Waals surface area contributed by atoms with Gasteiger partial charge in [0.2, 0.25) is 0 Å². The minimum absolute atomic E-state index is 0.0336. The van der Waals surface area contributed by atoms with E-state index in [0.29, 0.717) is 5.02 Å². The Kier molecular flexibility index (Phi) is 2.92. The second-order valence-corrected chi connectivity index (χ2v) is 7.11. The third-order valence-corrected chi connectivity index (χ3v) is 5.68. The molecule has 0 spiro atoms. The minimum Gasteiger partial charge on any atom is -0.331 e. The van der Waals surface area contributed by atoms with Crippen molar-refractivity contribution in [2.24, 2.45) is 0 Å². The van der Waals surface area contributed by atoms with Crippen LogP contribution in [0.1, 0.15) is 45.8 Å². The van der Waals surface area contributed by atoms with Crippen LogP contribution in [0.3, 0.4) is 0 Å². The summed E-state index contributed by atoms with van der Waals surface area (Å²) in [5, 5.41) is 0.691. The molecule has 2 aliphatic heterocycles. The maximum atomic E-state index is 13.0. The molecule has 0 unspecified atom stereocenters. The number of aromatic nitrogens is 2. The van der Waals surface area contributed by atoms with E-state index in [2.05, 4.69) is 11.1 Å². The van der Waals surface area contributed by atoms with Crippen LogP contribution in [0.15, 0.2) is 43.0 Å². The average molecular weight is 350 g/mol.